The molecule has 0 aromatic heterocycles. The molecule has 1 atom stereocenters. The predicted octanol–water partition coefficient (Wildman–Crippen LogP) is 14.9. The van der Waals surface area contributed by atoms with Gasteiger partial charge >= 0.3 is 5.97 Å². The van der Waals surface area contributed by atoms with Crippen molar-refractivity contribution < 1.29 is 9.53 Å². The van der Waals surface area contributed by atoms with Gasteiger partial charge < -0.3 is 4.74 Å². The van der Waals surface area contributed by atoms with Crippen LogP contribution in [-0.4, -0.2) is 12.6 Å². The monoisotopic (exact) mass is 607 g/mol. The predicted molar refractivity (Wildman–Crippen MR) is 193 cm³/mol. The van der Waals surface area contributed by atoms with Crippen molar-refractivity contribution in [2.45, 2.75) is 245 Å². The zero-order valence-electron chi connectivity index (χ0n) is 30.3. The van der Waals surface area contributed by atoms with Crippen LogP contribution in [-0.2, 0) is 9.53 Å². The maximum atomic E-state index is 11.9. The SMILES string of the molecule is CCCCCCCCCCCCCCCCCCCCCCCCCCOC(=O)CCCCCCCCCCC(C)CC. The standard InChI is InChI=1S/C41H82O2/c1-4-6-7-8-9-10-11-12-13-14-15-16-17-18-19-20-21-22-23-24-27-30-33-36-39-43-41(42)38-35-32-29-26-25-28-31-34-37-40(3)5-2/h40H,4-39H2,1-3H3. The zero-order valence-corrected chi connectivity index (χ0v) is 30.3. The summed E-state index contributed by atoms with van der Waals surface area (Å²) < 4.78 is 5.45. The second-order valence-electron chi connectivity index (χ2n) is 14.2. The summed E-state index contributed by atoms with van der Waals surface area (Å²) in [5.41, 5.74) is 0. The molecule has 0 heterocycles. The number of unbranched alkanes of at least 4 members (excludes halogenated alkanes) is 30. The molecule has 0 amide bonds. The summed E-state index contributed by atoms with van der Waals surface area (Å²) in [6, 6.07) is 0. The number of esters is 1. The topological polar surface area (TPSA) is 26.3 Å². The molecule has 0 bridgehead atoms. The second kappa shape index (κ2) is 37.7. The first kappa shape index (κ1) is 42.5. The second-order valence-corrected chi connectivity index (χ2v) is 14.2. The van der Waals surface area contributed by atoms with Crippen LogP contribution in [0.15, 0.2) is 0 Å². The van der Waals surface area contributed by atoms with Crippen LogP contribution < -0.4 is 0 Å². The van der Waals surface area contributed by atoms with E-state index >= 15 is 0 Å². The molecule has 0 aliphatic rings. The van der Waals surface area contributed by atoms with Crippen molar-refractivity contribution in [3.63, 3.8) is 0 Å². The Morgan fingerprint density at radius 2 is 0.721 bits per heavy atom. The van der Waals surface area contributed by atoms with E-state index in [0.717, 1.165) is 18.8 Å². The third-order valence-corrected chi connectivity index (χ3v) is 9.79. The Kier molecular flexibility index (Phi) is 37.2. The van der Waals surface area contributed by atoms with E-state index in [1.165, 1.54) is 205 Å². The van der Waals surface area contributed by atoms with E-state index in [4.69, 9.17) is 4.74 Å². The van der Waals surface area contributed by atoms with Crippen LogP contribution in [0, 0.1) is 5.92 Å². The third-order valence-electron chi connectivity index (χ3n) is 9.79. The highest BCUT2D eigenvalue weighted by Crippen LogP contribution is 2.17. The van der Waals surface area contributed by atoms with Gasteiger partial charge in [-0.1, -0.05) is 226 Å². The summed E-state index contributed by atoms with van der Waals surface area (Å²) in [7, 11) is 0. The molecule has 0 N–H and O–H groups in total. The number of rotatable bonds is 37. The summed E-state index contributed by atoms with van der Waals surface area (Å²) in [5, 5.41) is 0. The molecule has 0 aromatic carbocycles. The van der Waals surface area contributed by atoms with E-state index < -0.39 is 0 Å². The lowest BCUT2D eigenvalue weighted by atomic mass is 9.99. The average molecular weight is 607 g/mol. The van der Waals surface area contributed by atoms with Crippen molar-refractivity contribution in [1.29, 1.82) is 0 Å². The van der Waals surface area contributed by atoms with Gasteiger partial charge in [0.1, 0.15) is 0 Å². The largest absolute Gasteiger partial charge is 0.466 e. The molecule has 2 heteroatoms. The summed E-state index contributed by atoms with van der Waals surface area (Å²) in [6.07, 6.45) is 47.6. The molecule has 0 rings (SSSR count). The van der Waals surface area contributed by atoms with E-state index in [1.807, 2.05) is 0 Å². The van der Waals surface area contributed by atoms with Crippen molar-refractivity contribution in [1.82, 2.24) is 0 Å². The van der Waals surface area contributed by atoms with Gasteiger partial charge in [-0.3, -0.25) is 4.79 Å². The van der Waals surface area contributed by atoms with Gasteiger partial charge in [0.05, 0.1) is 6.61 Å². The van der Waals surface area contributed by atoms with E-state index in [9.17, 15) is 4.79 Å². The van der Waals surface area contributed by atoms with Gasteiger partial charge in [-0.05, 0) is 18.8 Å². The molecule has 0 aliphatic heterocycles. The van der Waals surface area contributed by atoms with Crippen LogP contribution in [0.5, 0.6) is 0 Å². The molecular formula is C41H82O2. The highest BCUT2D eigenvalue weighted by molar-refractivity contribution is 5.69. The molecule has 0 spiro atoms. The molecule has 0 aromatic rings. The molecule has 0 fully saturated rings. The maximum Gasteiger partial charge on any atom is 0.305 e. The lowest BCUT2D eigenvalue weighted by Gasteiger charge is -2.07. The lowest BCUT2D eigenvalue weighted by Crippen LogP contribution is -2.05. The third kappa shape index (κ3) is 37.6. The van der Waals surface area contributed by atoms with E-state index in [-0.39, 0.29) is 5.97 Å². The first-order chi connectivity index (χ1) is 21.2. The highest BCUT2D eigenvalue weighted by Gasteiger charge is 2.03. The first-order valence-corrected chi connectivity index (χ1v) is 20.4. The van der Waals surface area contributed by atoms with Gasteiger partial charge in [-0.15, -0.1) is 0 Å². The maximum absolute atomic E-state index is 11.9. The minimum atomic E-state index is 0.0270. The molecule has 43 heavy (non-hydrogen) atoms. The van der Waals surface area contributed by atoms with E-state index in [1.54, 1.807) is 0 Å². The number of hydrogen-bond acceptors (Lipinski definition) is 2. The molecule has 0 aliphatic carbocycles. The van der Waals surface area contributed by atoms with Gasteiger partial charge in [0.2, 0.25) is 0 Å². The van der Waals surface area contributed by atoms with Crippen LogP contribution in [0.4, 0.5) is 0 Å². The Hall–Kier alpha value is -0.530. The van der Waals surface area contributed by atoms with Crippen LogP contribution in [0.3, 0.4) is 0 Å². The minimum Gasteiger partial charge on any atom is -0.466 e. The van der Waals surface area contributed by atoms with Gasteiger partial charge in [0, 0.05) is 6.42 Å². The summed E-state index contributed by atoms with van der Waals surface area (Å²) >= 11 is 0. The fourth-order valence-corrected chi connectivity index (χ4v) is 6.35. The fraction of sp³-hybridized carbons (Fsp3) is 0.976. The summed E-state index contributed by atoms with van der Waals surface area (Å²) in [4.78, 5) is 11.9. The van der Waals surface area contributed by atoms with Crippen LogP contribution in [0.1, 0.15) is 245 Å². The van der Waals surface area contributed by atoms with Crippen molar-refractivity contribution >= 4 is 5.97 Å². The molecule has 0 saturated heterocycles. The lowest BCUT2D eigenvalue weighted by molar-refractivity contribution is -0.143. The quantitative estimate of drug-likeness (QED) is 0.0519. The van der Waals surface area contributed by atoms with E-state index in [0.29, 0.717) is 13.0 Å². The van der Waals surface area contributed by atoms with Crippen molar-refractivity contribution in [2.75, 3.05) is 6.61 Å². The van der Waals surface area contributed by atoms with Gasteiger partial charge in [-0.25, -0.2) is 0 Å². The smallest absolute Gasteiger partial charge is 0.305 e. The Bertz CT molecular complexity index is 516. The van der Waals surface area contributed by atoms with Gasteiger partial charge in [0.15, 0.2) is 0 Å². The molecule has 2 nitrogen and oxygen atoms in total. The Labute approximate surface area is 273 Å². The molecule has 0 radical (unpaired) electrons. The number of ether oxygens (including phenoxy) is 1. The fourth-order valence-electron chi connectivity index (χ4n) is 6.35. The van der Waals surface area contributed by atoms with Crippen molar-refractivity contribution in [2.24, 2.45) is 5.92 Å². The molecular weight excluding hydrogens is 524 g/mol. The molecule has 258 valence electrons. The number of hydrogen-bond donors (Lipinski definition) is 0. The molecule has 1 unspecified atom stereocenters. The summed E-state index contributed by atoms with van der Waals surface area (Å²) in [6.45, 7) is 7.60. The highest BCUT2D eigenvalue weighted by atomic mass is 16.5. The average Bonchev–Trinajstić information content (AvgIpc) is 3.01. The first-order valence-electron chi connectivity index (χ1n) is 20.4. The summed E-state index contributed by atoms with van der Waals surface area (Å²) in [5.74, 6) is 0.928. The zero-order chi connectivity index (χ0) is 31.3. The van der Waals surface area contributed by atoms with Crippen LogP contribution >= 0.6 is 0 Å². The van der Waals surface area contributed by atoms with Crippen molar-refractivity contribution in [3.8, 4) is 0 Å². The van der Waals surface area contributed by atoms with Gasteiger partial charge in [0.25, 0.3) is 0 Å². The van der Waals surface area contributed by atoms with Crippen molar-refractivity contribution in [3.05, 3.63) is 0 Å². The number of carbonyl (C=O) groups excluding carboxylic acids is 1. The Morgan fingerprint density at radius 3 is 1.07 bits per heavy atom. The molecule has 0 saturated carbocycles. The van der Waals surface area contributed by atoms with Gasteiger partial charge in [-0.2, -0.15) is 0 Å². The van der Waals surface area contributed by atoms with E-state index in [2.05, 4.69) is 20.8 Å². The van der Waals surface area contributed by atoms with Crippen LogP contribution in [0.2, 0.25) is 0 Å². The minimum absolute atomic E-state index is 0.0270. The Balaban J connectivity index is 3.14. The Morgan fingerprint density at radius 1 is 0.419 bits per heavy atom. The number of carbonyl (C=O) groups is 1. The van der Waals surface area contributed by atoms with Crippen LogP contribution in [0.25, 0.3) is 0 Å². The normalized spacial score (nSPS) is 12.2.